The summed E-state index contributed by atoms with van der Waals surface area (Å²) in [6.07, 6.45) is 2.16. The van der Waals surface area contributed by atoms with E-state index in [1.54, 1.807) is 4.90 Å². The van der Waals surface area contributed by atoms with Crippen molar-refractivity contribution in [1.82, 2.24) is 9.62 Å². The molecule has 30 heavy (non-hydrogen) atoms. The van der Waals surface area contributed by atoms with Crippen molar-refractivity contribution in [2.75, 3.05) is 19.6 Å². The Hall–Kier alpha value is -2.78. The molecule has 2 aromatic rings. The summed E-state index contributed by atoms with van der Waals surface area (Å²) in [5.74, 6) is -1.66. The number of ether oxygens (including phenoxy) is 1. The summed E-state index contributed by atoms with van der Waals surface area (Å²) < 4.78 is 58.9. The lowest BCUT2D eigenvalue weighted by Gasteiger charge is -2.32. The average molecular weight is 436 g/mol. The zero-order valence-corrected chi connectivity index (χ0v) is 17.0. The van der Waals surface area contributed by atoms with Gasteiger partial charge in [-0.05, 0) is 36.4 Å². The fraction of sp³-hybridized carbons (Fsp3) is 0.286. The van der Waals surface area contributed by atoms with E-state index in [-0.39, 0.29) is 29.2 Å². The number of hydrogen-bond acceptors (Lipinski definition) is 4. The smallest absolute Gasteiger partial charge is 0.253 e. The van der Waals surface area contributed by atoms with Crippen molar-refractivity contribution in [1.29, 1.82) is 0 Å². The molecule has 1 amide bonds. The third-order valence-electron chi connectivity index (χ3n) is 4.75. The average Bonchev–Trinajstić information content (AvgIpc) is 2.74. The highest BCUT2D eigenvalue weighted by atomic mass is 32.2. The van der Waals surface area contributed by atoms with Crippen molar-refractivity contribution < 1.29 is 26.7 Å². The maximum Gasteiger partial charge on any atom is 0.253 e. The normalized spacial score (nSPS) is 15.1. The first kappa shape index (κ1) is 21.9. The van der Waals surface area contributed by atoms with Crippen molar-refractivity contribution >= 4 is 15.9 Å². The number of likely N-dealkylation sites (tertiary alicyclic amines) is 1. The quantitative estimate of drug-likeness (QED) is 0.677. The molecule has 2 aromatic carbocycles. The van der Waals surface area contributed by atoms with E-state index in [1.807, 2.05) is 0 Å². The number of amides is 1. The SMILES string of the molecule is C=CCNS(=O)(=O)c1ccc(C(=O)N2CCC(Oc3ccc(F)cc3F)CC2)cc1. The highest BCUT2D eigenvalue weighted by molar-refractivity contribution is 7.89. The van der Waals surface area contributed by atoms with E-state index in [0.29, 0.717) is 31.5 Å². The molecule has 9 heteroatoms. The van der Waals surface area contributed by atoms with Crippen LogP contribution in [0.1, 0.15) is 23.2 Å². The number of halogens is 2. The van der Waals surface area contributed by atoms with Crippen LogP contribution < -0.4 is 9.46 Å². The molecule has 0 radical (unpaired) electrons. The second kappa shape index (κ2) is 9.36. The Kier molecular flexibility index (Phi) is 6.84. The van der Waals surface area contributed by atoms with Crippen LogP contribution in [0.4, 0.5) is 8.78 Å². The van der Waals surface area contributed by atoms with Gasteiger partial charge in [-0.3, -0.25) is 4.79 Å². The van der Waals surface area contributed by atoms with E-state index in [4.69, 9.17) is 4.74 Å². The predicted octanol–water partition coefficient (Wildman–Crippen LogP) is 3.11. The van der Waals surface area contributed by atoms with Crippen LogP contribution in [0.3, 0.4) is 0 Å². The summed E-state index contributed by atoms with van der Waals surface area (Å²) >= 11 is 0. The van der Waals surface area contributed by atoms with Gasteiger partial charge in [-0.25, -0.2) is 21.9 Å². The largest absolute Gasteiger partial charge is 0.487 e. The number of hydrogen-bond donors (Lipinski definition) is 1. The van der Waals surface area contributed by atoms with Gasteiger partial charge in [0.1, 0.15) is 11.9 Å². The van der Waals surface area contributed by atoms with Crippen molar-refractivity contribution in [3.8, 4) is 5.75 Å². The van der Waals surface area contributed by atoms with Crippen LogP contribution >= 0.6 is 0 Å². The van der Waals surface area contributed by atoms with Gasteiger partial charge in [0.25, 0.3) is 5.91 Å². The molecule has 0 unspecified atom stereocenters. The highest BCUT2D eigenvalue weighted by Crippen LogP contribution is 2.23. The van der Waals surface area contributed by atoms with E-state index in [1.165, 1.54) is 36.4 Å². The van der Waals surface area contributed by atoms with Gasteiger partial charge in [-0.1, -0.05) is 6.08 Å². The Labute approximate surface area is 174 Å². The predicted molar refractivity (Wildman–Crippen MR) is 108 cm³/mol. The minimum absolute atomic E-state index is 0.0111. The molecular formula is C21H22F2N2O4S. The number of nitrogens with zero attached hydrogens (tertiary/aromatic N) is 1. The molecule has 0 aliphatic carbocycles. The number of sulfonamides is 1. The monoisotopic (exact) mass is 436 g/mol. The van der Waals surface area contributed by atoms with Crippen LogP contribution in [0.25, 0.3) is 0 Å². The van der Waals surface area contributed by atoms with Crippen LogP contribution in [0.15, 0.2) is 60.0 Å². The second-order valence-corrected chi connectivity index (χ2v) is 8.62. The molecular weight excluding hydrogens is 414 g/mol. The minimum Gasteiger partial charge on any atom is -0.487 e. The van der Waals surface area contributed by atoms with Gasteiger partial charge < -0.3 is 9.64 Å². The lowest BCUT2D eigenvalue weighted by molar-refractivity contribution is 0.0588. The molecule has 1 aliphatic heterocycles. The van der Waals surface area contributed by atoms with Gasteiger partial charge in [-0.2, -0.15) is 0 Å². The first-order valence-electron chi connectivity index (χ1n) is 9.42. The Morgan fingerprint density at radius 1 is 1.17 bits per heavy atom. The number of nitrogens with one attached hydrogen (secondary N) is 1. The number of carbonyl (C=O) groups excluding carboxylic acids is 1. The minimum atomic E-state index is -3.65. The number of benzene rings is 2. The van der Waals surface area contributed by atoms with Crippen LogP contribution in [-0.2, 0) is 10.0 Å². The molecule has 0 saturated carbocycles. The van der Waals surface area contributed by atoms with Crippen LogP contribution in [0.5, 0.6) is 5.75 Å². The Balaban J connectivity index is 1.58. The Morgan fingerprint density at radius 3 is 2.43 bits per heavy atom. The molecule has 0 spiro atoms. The maximum atomic E-state index is 13.7. The molecule has 160 valence electrons. The van der Waals surface area contributed by atoms with Gasteiger partial charge in [0.15, 0.2) is 11.6 Å². The first-order chi connectivity index (χ1) is 14.3. The van der Waals surface area contributed by atoms with E-state index in [2.05, 4.69) is 11.3 Å². The summed E-state index contributed by atoms with van der Waals surface area (Å²) in [5, 5.41) is 0. The molecule has 0 atom stereocenters. The Morgan fingerprint density at radius 2 is 1.83 bits per heavy atom. The van der Waals surface area contributed by atoms with Gasteiger partial charge >= 0.3 is 0 Å². The third kappa shape index (κ3) is 5.22. The van der Waals surface area contributed by atoms with Gasteiger partial charge in [0, 0.05) is 44.1 Å². The molecule has 1 aliphatic rings. The van der Waals surface area contributed by atoms with Crippen LogP contribution in [0.2, 0.25) is 0 Å². The lowest BCUT2D eigenvalue weighted by Crippen LogP contribution is -2.41. The second-order valence-electron chi connectivity index (χ2n) is 6.85. The first-order valence-corrected chi connectivity index (χ1v) is 10.9. The van der Waals surface area contributed by atoms with Crippen LogP contribution in [0, 0.1) is 11.6 Å². The topological polar surface area (TPSA) is 75.7 Å². The van der Waals surface area contributed by atoms with Gasteiger partial charge in [0.05, 0.1) is 4.90 Å². The van der Waals surface area contributed by atoms with Crippen molar-refractivity contribution in [3.05, 3.63) is 72.3 Å². The fourth-order valence-corrected chi connectivity index (χ4v) is 4.14. The third-order valence-corrected chi connectivity index (χ3v) is 6.19. The highest BCUT2D eigenvalue weighted by Gasteiger charge is 2.26. The number of carbonyl (C=O) groups is 1. The van der Waals surface area contributed by atoms with E-state index < -0.39 is 21.7 Å². The molecule has 3 rings (SSSR count). The number of piperidine rings is 1. The maximum absolute atomic E-state index is 13.7. The summed E-state index contributed by atoms with van der Waals surface area (Å²) in [5.41, 5.74) is 0.376. The van der Waals surface area contributed by atoms with Crippen molar-refractivity contribution in [3.63, 3.8) is 0 Å². The molecule has 1 saturated heterocycles. The summed E-state index contributed by atoms with van der Waals surface area (Å²) in [6.45, 7) is 4.40. The van der Waals surface area contributed by atoms with Gasteiger partial charge in [-0.15, -0.1) is 6.58 Å². The molecule has 6 nitrogen and oxygen atoms in total. The Bertz CT molecular complexity index is 1020. The molecule has 1 N–H and O–H groups in total. The molecule has 1 heterocycles. The lowest BCUT2D eigenvalue weighted by atomic mass is 10.1. The molecule has 1 fully saturated rings. The fourth-order valence-electron chi connectivity index (χ4n) is 3.14. The standard InChI is InChI=1S/C21H22F2N2O4S/c1-2-11-24-30(27,28)18-6-3-15(4-7-18)21(26)25-12-9-17(10-13-25)29-20-8-5-16(22)14-19(20)23/h2-8,14,17,24H,1,9-13H2. The molecule has 0 bridgehead atoms. The van der Waals surface area contributed by atoms with Gasteiger partial charge in [0.2, 0.25) is 10.0 Å². The summed E-state index contributed by atoms with van der Waals surface area (Å²) in [7, 11) is -3.65. The van der Waals surface area contributed by atoms with E-state index in [0.717, 1.165) is 12.1 Å². The van der Waals surface area contributed by atoms with E-state index in [9.17, 15) is 22.0 Å². The zero-order chi connectivity index (χ0) is 21.7. The summed E-state index contributed by atoms with van der Waals surface area (Å²) in [4.78, 5) is 14.4. The summed E-state index contributed by atoms with van der Waals surface area (Å²) in [6, 6.07) is 8.86. The zero-order valence-electron chi connectivity index (χ0n) is 16.2. The van der Waals surface area contributed by atoms with Crippen molar-refractivity contribution in [2.24, 2.45) is 0 Å². The number of rotatable bonds is 7. The van der Waals surface area contributed by atoms with Crippen molar-refractivity contribution in [2.45, 2.75) is 23.8 Å². The van der Waals surface area contributed by atoms with E-state index >= 15 is 0 Å². The molecule has 0 aromatic heterocycles. The van der Waals surface area contributed by atoms with Crippen LogP contribution in [-0.4, -0.2) is 45.0 Å².